The fourth-order valence-corrected chi connectivity index (χ4v) is 2.65. The van der Waals surface area contributed by atoms with Crippen molar-refractivity contribution < 1.29 is 4.74 Å². The Hall–Kier alpha value is -1.06. The van der Waals surface area contributed by atoms with Gasteiger partial charge in [-0.3, -0.25) is 0 Å². The standard InChI is InChI=1S/C15H24N2O/c1-12-4-5-15(13(2)10-12)17-8-9-18-11-14(17)6-7-16-3/h4-5,10,14,16H,6-9,11H2,1-3H3. The van der Waals surface area contributed by atoms with E-state index in [9.17, 15) is 0 Å². The number of benzene rings is 1. The summed E-state index contributed by atoms with van der Waals surface area (Å²) in [7, 11) is 2.01. The van der Waals surface area contributed by atoms with Gasteiger partial charge in [-0.1, -0.05) is 17.7 Å². The molecule has 0 spiro atoms. The lowest BCUT2D eigenvalue weighted by molar-refractivity contribution is 0.0916. The Kier molecular flexibility index (Phi) is 4.61. The average molecular weight is 248 g/mol. The molecule has 0 aliphatic carbocycles. The Morgan fingerprint density at radius 1 is 1.39 bits per heavy atom. The van der Waals surface area contributed by atoms with Crippen molar-refractivity contribution in [2.24, 2.45) is 0 Å². The predicted octanol–water partition coefficient (Wildman–Crippen LogP) is 2.12. The first-order valence-electron chi connectivity index (χ1n) is 6.78. The third kappa shape index (κ3) is 3.03. The minimum atomic E-state index is 0.493. The Morgan fingerprint density at radius 3 is 2.94 bits per heavy atom. The summed E-state index contributed by atoms with van der Waals surface area (Å²) in [5.74, 6) is 0. The maximum Gasteiger partial charge on any atom is 0.0671 e. The molecule has 1 aliphatic heterocycles. The largest absolute Gasteiger partial charge is 0.377 e. The molecule has 0 aromatic heterocycles. The van der Waals surface area contributed by atoms with Gasteiger partial charge in [-0.25, -0.2) is 0 Å². The molecule has 1 atom stereocenters. The van der Waals surface area contributed by atoms with E-state index in [2.05, 4.69) is 42.3 Å². The van der Waals surface area contributed by atoms with Gasteiger partial charge in [0.05, 0.1) is 19.3 Å². The fraction of sp³-hybridized carbons (Fsp3) is 0.600. The summed E-state index contributed by atoms with van der Waals surface area (Å²) in [6.07, 6.45) is 1.13. The van der Waals surface area contributed by atoms with E-state index in [1.165, 1.54) is 16.8 Å². The molecule has 18 heavy (non-hydrogen) atoms. The summed E-state index contributed by atoms with van der Waals surface area (Å²) in [4.78, 5) is 2.51. The zero-order chi connectivity index (χ0) is 13.0. The van der Waals surface area contributed by atoms with Gasteiger partial charge in [0, 0.05) is 12.2 Å². The van der Waals surface area contributed by atoms with Crippen molar-refractivity contribution in [2.45, 2.75) is 26.3 Å². The van der Waals surface area contributed by atoms with Crippen molar-refractivity contribution in [1.29, 1.82) is 0 Å². The van der Waals surface area contributed by atoms with Crippen LogP contribution in [0.25, 0.3) is 0 Å². The topological polar surface area (TPSA) is 24.5 Å². The van der Waals surface area contributed by atoms with Gasteiger partial charge in [-0.05, 0) is 45.5 Å². The first-order valence-corrected chi connectivity index (χ1v) is 6.78. The molecule has 0 amide bonds. The molecule has 1 fully saturated rings. The Bertz CT molecular complexity index is 392. The zero-order valence-electron chi connectivity index (χ0n) is 11.7. The second-order valence-electron chi connectivity index (χ2n) is 5.10. The molecule has 3 heteroatoms. The summed E-state index contributed by atoms with van der Waals surface area (Å²) in [5.41, 5.74) is 4.06. The number of aryl methyl sites for hydroxylation is 2. The predicted molar refractivity (Wildman–Crippen MR) is 76.4 cm³/mol. The van der Waals surface area contributed by atoms with Crippen molar-refractivity contribution >= 4 is 5.69 Å². The summed E-state index contributed by atoms with van der Waals surface area (Å²) in [6, 6.07) is 7.21. The van der Waals surface area contributed by atoms with E-state index in [1.807, 2.05) is 7.05 Å². The molecular weight excluding hydrogens is 224 g/mol. The van der Waals surface area contributed by atoms with Crippen LogP contribution in [-0.4, -0.2) is 39.4 Å². The van der Waals surface area contributed by atoms with Crippen LogP contribution >= 0.6 is 0 Å². The van der Waals surface area contributed by atoms with Crippen LogP contribution in [0.3, 0.4) is 0 Å². The highest BCUT2D eigenvalue weighted by molar-refractivity contribution is 5.55. The maximum absolute atomic E-state index is 5.63. The van der Waals surface area contributed by atoms with Gasteiger partial charge in [0.15, 0.2) is 0 Å². The second-order valence-corrected chi connectivity index (χ2v) is 5.10. The molecular formula is C15H24N2O. The smallest absolute Gasteiger partial charge is 0.0671 e. The quantitative estimate of drug-likeness (QED) is 0.883. The summed E-state index contributed by atoms with van der Waals surface area (Å²) >= 11 is 0. The minimum absolute atomic E-state index is 0.493. The van der Waals surface area contributed by atoms with Crippen molar-refractivity contribution in [3.05, 3.63) is 29.3 Å². The van der Waals surface area contributed by atoms with Gasteiger partial charge >= 0.3 is 0 Å². The number of nitrogens with zero attached hydrogens (tertiary/aromatic N) is 1. The summed E-state index contributed by atoms with van der Waals surface area (Å²) in [6.45, 7) is 8.06. The van der Waals surface area contributed by atoms with Gasteiger partial charge in [0.25, 0.3) is 0 Å². The summed E-state index contributed by atoms with van der Waals surface area (Å²) in [5, 5.41) is 3.23. The third-order valence-electron chi connectivity index (χ3n) is 3.62. The Morgan fingerprint density at radius 2 is 2.22 bits per heavy atom. The van der Waals surface area contributed by atoms with Gasteiger partial charge in [-0.15, -0.1) is 0 Å². The van der Waals surface area contributed by atoms with E-state index in [0.717, 1.165) is 32.7 Å². The average Bonchev–Trinajstić information content (AvgIpc) is 2.37. The molecule has 100 valence electrons. The molecule has 3 nitrogen and oxygen atoms in total. The van der Waals surface area contributed by atoms with Gasteiger partial charge in [0.1, 0.15) is 0 Å². The van der Waals surface area contributed by atoms with Gasteiger partial charge in [-0.2, -0.15) is 0 Å². The van der Waals surface area contributed by atoms with E-state index in [0.29, 0.717) is 6.04 Å². The molecule has 2 rings (SSSR count). The van der Waals surface area contributed by atoms with Crippen LogP contribution in [-0.2, 0) is 4.74 Å². The molecule has 0 radical (unpaired) electrons. The lowest BCUT2D eigenvalue weighted by atomic mass is 10.1. The van der Waals surface area contributed by atoms with Crippen LogP contribution in [0.4, 0.5) is 5.69 Å². The number of ether oxygens (including phenoxy) is 1. The fourth-order valence-electron chi connectivity index (χ4n) is 2.65. The highest BCUT2D eigenvalue weighted by Crippen LogP contribution is 2.25. The molecule has 1 saturated heterocycles. The van der Waals surface area contributed by atoms with Crippen LogP contribution < -0.4 is 10.2 Å². The molecule has 0 bridgehead atoms. The lowest BCUT2D eigenvalue weighted by Crippen LogP contribution is -2.47. The van der Waals surface area contributed by atoms with Crippen LogP contribution in [0.15, 0.2) is 18.2 Å². The molecule has 1 unspecified atom stereocenters. The molecule has 0 saturated carbocycles. The van der Waals surface area contributed by atoms with E-state index in [-0.39, 0.29) is 0 Å². The van der Waals surface area contributed by atoms with Crippen LogP contribution in [0, 0.1) is 13.8 Å². The molecule has 1 aromatic rings. The van der Waals surface area contributed by atoms with Crippen molar-refractivity contribution in [3.8, 4) is 0 Å². The van der Waals surface area contributed by atoms with Gasteiger partial charge in [0.2, 0.25) is 0 Å². The number of anilines is 1. The van der Waals surface area contributed by atoms with Crippen molar-refractivity contribution in [1.82, 2.24) is 5.32 Å². The van der Waals surface area contributed by atoms with Gasteiger partial charge < -0.3 is 15.0 Å². The lowest BCUT2D eigenvalue weighted by Gasteiger charge is -2.38. The zero-order valence-corrected chi connectivity index (χ0v) is 11.7. The first kappa shape index (κ1) is 13.4. The molecule has 1 N–H and O–H groups in total. The van der Waals surface area contributed by atoms with Crippen molar-refractivity contribution in [2.75, 3.05) is 38.3 Å². The molecule has 1 aromatic carbocycles. The van der Waals surface area contributed by atoms with E-state index in [4.69, 9.17) is 4.74 Å². The normalized spacial score (nSPS) is 20.2. The van der Waals surface area contributed by atoms with Crippen LogP contribution in [0.5, 0.6) is 0 Å². The SMILES string of the molecule is CNCCC1COCCN1c1ccc(C)cc1C. The van der Waals surface area contributed by atoms with Crippen molar-refractivity contribution in [3.63, 3.8) is 0 Å². The maximum atomic E-state index is 5.63. The number of hydrogen-bond acceptors (Lipinski definition) is 3. The van der Waals surface area contributed by atoms with E-state index >= 15 is 0 Å². The summed E-state index contributed by atoms with van der Waals surface area (Å²) < 4.78 is 5.63. The first-order chi connectivity index (χ1) is 8.72. The minimum Gasteiger partial charge on any atom is -0.377 e. The van der Waals surface area contributed by atoms with Crippen LogP contribution in [0.2, 0.25) is 0 Å². The second kappa shape index (κ2) is 6.21. The highest BCUT2D eigenvalue weighted by atomic mass is 16.5. The number of morpholine rings is 1. The Labute approximate surface area is 110 Å². The molecule has 1 aliphatic rings. The number of hydrogen-bond donors (Lipinski definition) is 1. The Balaban J connectivity index is 2.16. The third-order valence-corrected chi connectivity index (χ3v) is 3.62. The molecule has 1 heterocycles. The van der Waals surface area contributed by atoms with Crippen LogP contribution in [0.1, 0.15) is 17.5 Å². The highest BCUT2D eigenvalue weighted by Gasteiger charge is 2.23. The monoisotopic (exact) mass is 248 g/mol. The van der Waals surface area contributed by atoms with E-state index in [1.54, 1.807) is 0 Å². The van der Waals surface area contributed by atoms with E-state index < -0.39 is 0 Å². The number of nitrogens with one attached hydrogen (secondary N) is 1. The number of rotatable bonds is 4.